The van der Waals surface area contributed by atoms with Gasteiger partial charge in [-0.3, -0.25) is 14.4 Å². The Morgan fingerprint density at radius 1 is 0.619 bits per heavy atom. The van der Waals surface area contributed by atoms with E-state index in [4.69, 9.17) is 0 Å². The number of hydrogen-bond acceptors (Lipinski definition) is 3. The number of carbonyl (C=O) groups is 3. The first kappa shape index (κ1) is 14.4. The van der Waals surface area contributed by atoms with Crippen LogP contribution < -0.4 is 0 Å². The molecule has 3 rings (SSSR count). The van der Waals surface area contributed by atoms with Gasteiger partial charge < -0.3 is 0 Å². The van der Waals surface area contributed by atoms with E-state index >= 15 is 0 Å². The van der Waals surface area contributed by atoms with Crippen LogP contribution >= 0.6 is 0 Å². The second-order valence-corrected chi connectivity index (χ2v) is 8.30. The fourth-order valence-corrected chi connectivity index (χ4v) is 3.92. The summed E-state index contributed by atoms with van der Waals surface area (Å²) in [5.41, 5.74) is 2.29. The van der Waals surface area contributed by atoms with Gasteiger partial charge in [0.05, 0.1) is 0 Å². The first-order valence-corrected chi connectivity index (χ1v) is 7.65. The zero-order valence-electron chi connectivity index (χ0n) is 13.3. The Morgan fingerprint density at radius 2 is 1.00 bits per heavy atom. The molecule has 0 aromatic carbocycles. The second-order valence-electron chi connectivity index (χ2n) is 8.30. The molecule has 3 aliphatic rings. The van der Waals surface area contributed by atoms with Gasteiger partial charge in [-0.25, -0.2) is 0 Å². The molecule has 0 aromatic rings. The Hall–Kier alpha value is -1.51. The maximum atomic E-state index is 12.8. The van der Waals surface area contributed by atoms with Crippen molar-refractivity contribution in [2.75, 3.05) is 0 Å². The molecule has 0 radical (unpaired) electrons. The summed E-state index contributed by atoms with van der Waals surface area (Å²) in [6.07, 6.45) is 2.64. The van der Waals surface area contributed by atoms with Gasteiger partial charge in [-0.05, 0) is 23.7 Å². The van der Waals surface area contributed by atoms with Gasteiger partial charge in [0.2, 0.25) is 0 Å². The number of carbonyl (C=O) groups excluding carboxylic acids is 3. The summed E-state index contributed by atoms with van der Waals surface area (Å²) >= 11 is 0. The molecule has 0 aliphatic heterocycles. The van der Waals surface area contributed by atoms with E-state index in [2.05, 4.69) is 0 Å². The summed E-state index contributed by atoms with van der Waals surface area (Å²) in [5, 5.41) is 0. The molecule has 0 spiro atoms. The van der Waals surface area contributed by atoms with E-state index in [1.54, 1.807) is 0 Å². The Kier molecular flexibility index (Phi) is 2.92. The van der Waals surface area contributed by atoms with Crippen LogP contribution in [0.5, 0.6) is 0 Å². The molecule has 0 saturated carbocycles. The highest BCUT2D eigenvalue weighted by Gasteiger charge is 2.44. The monoisotopic (exact) mass is 286 g/mol. The van der Waals surface area contributed by atoms with Gasteiger partial charge in [0.25, 0.3) is 0 Å². The Labute approximate surface area is 125 Å². The maximum Gasteiger partial charge on any atom is 0.185 e. The number of allylic oxidation sites excluding steroid dienone is 4. The van der Waals surface area contributed by atoms with Crippen molar-refractivity contribution in [2.24, 2.45) is 10.8 Å². The zero-order valence-corrected chi connectivity index (χ0v) is 13.3. The smallest absolute Gasteiger partial charge is 0.185 e. The minimum absolute atomic E-state index is 0.0338. The van der Waals surface area contributed by atoms with Crippen molar-refractivity contribution in [1.82, 2.24) is 0 Å². The van der Waals surface area contributed by atoms with Crippen LogP contribution in [0.1, 0.15) is 59.8 Å². The van der Waals surface area contributed by atoms with E-state index in [1.807, 2.05) is 27.7 Å². The highest BCUT2D eigenvalue weighted by molar-refractivity contribution is 6.21. The van der Waals surface area contributed by atoms with Gasteiger partial charge in [0, 0.05) is 41.6 Å². The highest BCUT2D eigenvalue weighted by Crippen LogP contribution is 2.47. The van der Waals surface area contributed by atoms with Crippen LogP contribution in [0.4, 0.5) is 0 Å². The van der Waals surface area contributed by atoms with E-state index in [0.717, 1.165) is 0 Å². The third-order valence-electron chi connectivity index (χ3n) is 4.89. The molecule has 0 N–H and O–H groups in total. The third-order valence-corrected chi connectivity index (χ3v) is 4.89. The molecule has 0 atom stereocenters. The largest absolute Gasteiger partial charge is 0.295 e. The molecule has 112 valence electrons. The SMILES string of the molecule is CC1(C)CC(=O)C2=C(C1)C(=O)C1=C(C2)C(=O)CC(C)(C)C1. The first-order valence-electron chi connectivity index (χ1n) is 7.65. The van der Waals surface area contributed by atoms with Gasteiger partial charge in [0.1, 0.15) is 0 Å². The molecule has 21 heavy (non-hydrogen) atoms. The summed E-state index contributed by atoms with van der Waals surface area (Å²) in [4.78, 5) is 37.5. The molecule has 0 unspecified atom stereocenters. The lowest BCUT2D eigenvalue weighted by atomic mass is 9.63. The predicted molar refractivity (Wildman–Crippen MR) is 79.7 cm³/mol. The summed E-state index contributed by atoms with van der Waals surface area (Å²) in [6.45, 7) is 8.12. The molecule has 0 saturated heterocycles. The summed E-state index contributed by atoms with van der Waals surface area (Å²) in [5.74, 6) is 0.0751. The van der Waals surface area contributed by atoms with Crippen molar-refractivity contribution >= 4 is 17.3 Å². The average molecular weight is 286 g/mol. The number of Topliss-reactive ketones (excluding diaryl/α,β-unsaturated/α-hetero) is 3. The number of ketones is 3. The lowest BCUT2D eigenvalue weighted by Gasteiger charge is -2.38. The predicted octanol–water partition coefficient (Wildman–Crippen LogP) is 3.33. The lowest BCUT2D eigenvalue weighted by molar-refractivity contribution is -0.122. The molecule has 3 heteroatoms. The molecule has 0 bridgehead atoms. The average Bonchev–Trinajstić information content (AvgIpc) is 2.30. The summed E-state index contributed by atoms with van der Waals surface area (Å²) < 4.78 is 0. The standard InChI is InChI=1S/C18H22O3/c1-17(2)6-12-10(14(19)8-17)5-11-13(16(12)21)7-18(3,4)9-15(11)20/h5-9H2,1-4H3. The third kappa shape index (κ3) is 2.33. The van der Waals surface area contributed by atoms with Crippen LogP contribution in [0.25, 0.3) is 0 Å². The molecular formula is C18H22O3. The molecule has 0 amide bonds. The topological polar surface area (TPSA) is 51.2 Å². The molecule has 0 fully saturated rings. The lowest BCUT2D eigenvalue weighted by Crippen LogP contribution is -2.37. The van der Waals surface area contributed by atoms with Gasteiger partial charge in [-0.2, -0.15) is 0 Å². The Morgan fingerprint density at radius 3 is 1.38 bits per heavy atom. The maximum absolute atomic E-state index is 12.8. The van der Waals surface area contributed by atoms with Crippen molar-refractivity contribution in [3.8, 4) is 0 Å². The Bertz CT molecular complexity index is 587. The van der Waals surface area contributed by atoms with Crippen molar-refractivity contribution in [1.29, 1.82) is 0 Å². The van der Waals surface area contributed by atoms with E-state index in [9.17, 15) is 14.4 Å². The zero-order chi connectivity index (χ0) is 15.6. The van der Waals surface area contributed by atoms with Crippen molar-refractivity contribution in [3.05, 3.63) is 22.3 Å². The quantitative estimate of drug-likeness (QED) is 0.686. The van der Waals surface area contributed by atoms with Crippen molar-refractivity contribution in [3.63, 3.8) is 0 Å². The second kappa shape index (κ2) is 4.25. The molecular weight excluding hydrogens is 264 g/mol. The van der Waals surface area contributed by atoms with Crippen molar-refractivity contribution < 1.29 is 14.4 Å². The van der Waals surface area contributed by atoms with Gasteiger partial charge in [0.15, 0.2) is 17.3 Å². The molecule has 3 aliphatic carbocycles. The van der Waals surface area contributed by atoms with Gasteiger partial charge in [-0.1, -0.05) is 27.7 Å². The van der Waals surface area contributed by atoms with Gasteiger partial charge >= 0.3 is 0 Å². The van der Waals surface area contributed by atoms with Crippen LogP contribution in [0, 0.1) is 10.8 Å². The van der Waals surface area contributed by atoms with Crippen molar-refractivity contribution in [2.45, 2.75) is 59.8 Å². The summed E-state index contributed by atoms with van der Waals surface area (Å²) in [7, 11) is 0. The van der Waals surface area contributed by atoms with Crippen LogP contribution in [0.3, 0.4) is 0 Å². The van der Waals surface area contributed by atoms with E-state index in [-0.39, 0.29) is 28.2 Å². The first-order chi connectivity index (χ1) is 9.60. The highest BCUT2D eigenvalue weighted by atomic mass is 16.1. The number of hydrogen-bond donors (Lipinski definition) is 0. The van der Waals surface area contributed by atoms with Crippen LogP contribution in [-0.2, 0) is 14.4 Å². The minimum atomic E-state index is -0.155. The molecule has 0 heterocycles. The normalized spacial score (nSPS) is 27.7. The van der Waals surface area contributed by atoms with Crippen LogP contribution in [0.15, 0.2) is 22.3 Å². The van der Waals surface area contributed by atoms with Crippen LogP contribution in [0.2, 0.25) is 0 Å². The fourth-order valence-electron chi connectivity index (χ4n) is 3.92. The molecule has 3 nitrogen and oxygen atoms in total. The van der Waals surface area contributed by atoms with E-state index < -0.39 is 0 Å². The van der Waals surface area contributed by atoms with Crippen LogP contribution in [-0.4, -0.2) is 17.3 Å². The number of rotatable bonds is 0. The minimum Gasteiger partial charge on any atom is -0.295 e. The molecule has 0 aromatic heterocycles. The van der Waals surface area contributed by atoms with E-state index in [1.165, 1.54) is 0 Å². The van der Waals surface area contributed by atoms with Gasteiger partial charge in [-0.15, -0.1) is 0 Å². The summed E-state index contributed by atoms with van der Waals surface area (Å²) in [6, 6.07) is 0. The fraction of sp³-hybridized carbons (Fsp3) is 0.611. The van der Waals surface area contributed by atoms with E-state index in [0.29, 0.717) is 54.4 Å². The Balaban J connectivity index is 2.06.